The van der Waals surface area contributed by atoms with Gasteiger partial charge in [-0.15, -0.1) is 0 Å². The van der Waals surface area contributed by atoms with E-state index in [1.807, 2.05) is 12.1 Å². The Balaban J connectivity index is 1.37. The van der Waals surface area contributed by atoms with Crippen molar-refractivity contribution in [3.63, 3.8) is 0 Å². The fraction of sp³-hybridized carbons (Fsp3) is 0.360. The number of carbonyl (C=O) groups is 1. The van der Waals surface area contributed by atoms with E-state index in [4.69, 9.17) is 26.7 Å². The molecule has 0 aliphatic carbocycles. The number of nitrogens with zero attached hydrogens (tertiary/aromatic N) is 4. The van der Waals surface area contributed by atoms with Gasteiger partial charge in [0.15, 0.2) is 5.82 Å². The van der Waals surface area contributed by atoms with Gasteiger partial charge in [0.2, 0.25) is 5.95 Å². The quantitative estimate of drug-likeness (QED) is 0.503. The van der Waals surface area contributed by atoms with Gasteiger partial charge in [-0.2, -0.15) is 4.98 Å². The number of fused-ring (bicyclic) bond motifs is 1. The second-order valence-corrected chi connectivity index (χ2v) is 10.8. The standard InChI is InChI=1S/C25H26ClN5O3S/c26-19-6-4-17(5-7-19)18-9-11-31(12-10-18)25-28-20-2-1-13-35(34)23(20)24(30-25)29-21-8-3-16(15-27-21)14-22(32)33/h3-8,15,18H,1-2,9-14H2,(H,32,33)(H,27,28,29,30)/t35-/m1/s1. The van der Waals surface area contributed by atoms with E-state index in [1.165, 1.54) is 11.8 Å². The molecule has 4 heterocycles. The van der Waals surface area contributed by atoms with Crippen LogP contribution < -0.4 is 10.2 Å². The summed E-state index contributed by atoms with van der Waals surface area (Å²) in [6.45, 7) is 1.66. The molecular formula is C25H26ClN5O3S. The molecular weight excluding hydrogens is 486 g/mol. The first-order chi connectivity index (χ1) is 17.0. The third kappa shape index (κ3) is 5.46. The molecule has 1 saturated heterocycles. The maximum Gasteiger partial charge on any atom is 0.307 e. The highest BCUT2D eigenvalue weighted by Crippen LogP contribution is 2.34. The smallest absolute Gasteiger partial charge is 0.307 e. The first-order valence-electron chi connectivity index (χ1n) is 11.7. The molecule has 2 aliphatic rings. The van der Waals surface area contributed by atoms with Crippen LogP contribution in [0.1, 0.15) is 42.0 Å². The molecule has 0 spiro atoms. The number of aryl methyl sites for hydroxylation is 1. The number of nitrogens with one attached hydrogen (secondary N) is 1. The minimum atomic E-state index is -1.18. The summed E-state index contributed by atoms with van der Waals surface area (Å²) < 4.78 is 12.9. The number of halogens is 1. The molecule has 1 aromatic carbocycles. The fourth-order valence-electron chi connectivity index (χ4n) is 4.64. The van der Waals surface area contributed by atoms with Crippen molar-refractivity contribution >= 4 is 46.0 Å². The highest BCUT2D eigenvalue weighted by molar-refractivity contribution is 7.85. The highest BCUT2D eigenvalue weighted by Gasteiger charge is 2.28. The van der Waals surface area contributed by atoms with Crippen LogP contribution in [0.25, 0.3) is 0 Å². The Labute approximate surface area is 211 Å². The van der Waals surface area contributed by atoms with E-state index in [0.29, 0.717) is 39.7 Å². The summed E-state index contributed by atoms with van der Waals surface area (Å²) in [7, 11) is -1.18. The SMILES string of the molecule is O=C(O)Cc1ccc(Nc2nc(N3CCC(c4ccc(Cl)cc4)CC3)nc3c2[S@](=O)CCC3)nc1. The van der Waals surface area contributed by atoms with E-state index in [2.05, 4.69) is 27.3 Å². The Morgan fingerprint density at radius 3 is 2.60 bits per heavy atom. The van der Waals surface area contributed by atoms with Gasteiger partial charge in [0.1, 0.15) is 10.7 Å². The van der Waals surface area contributed by atoms with Gasteiger partial charge in [-0.1, -0.05) is 29.8 Å². The summed E-state index contributed by atoms with van der Waals surface area (Å²) in [5.41, 5.74) is 2.74. The zero-order valence-electron chi connectivity index (χ0n) is 19.1. The Morgan fingerprint density at radius 2 is 1.91 bits per heavy atom. The first kappa shape index (κ1) is 23.7. The molecule has 5 rings (SSSR count). The summed E-state index contributed by atoms with van der Waals surface area (Å²) in [4.78, 5) is 27.7. The molecule has 0 amide bonds. The second kappa shape index (κ2) is 10.3. The third-order valence-corrected chi connectivity index (χ3v) is 8.24. The largest absolute Gasteiger partial charge is 0.481 e. The van der Waals surface area contributed by atoms with Gasteiger partial charge in [0.25, 0.3) is 0 Å². The lowest BCUT2D eigenvalue weighted by Crippen LogP contribution is -2.35. The Morgan fingerprint density at radius 1 is 1.14 bits per heavy atom. The molecule has 3 aromatic rings. The van der Waals surface area contributed by atoms with Crippen LogP contribution in [0.5, 0.6) is 0 Å². The molecule has 182 valence electrons. The summed E-state index contributed by atoms with van der Waals surface area (Å²) in [5, 5.41) is 12.9. The lowest BCUT2D eigenvalue weighted by molar-refractivity contribution is -0.136. The summed E-state index contributed by atoms with van der Waals surface area (Å²) in [6.07, 6.45) is 5.01. The Hall–Kier alpha value is -3.04. The van der Waals surface area contributed by atoms with Crippen molar-refractivity contribution in [2.24, 2.45) is 0 Å². The van der Waals surface area contributed by atoms with Crippen LogP contribution >= 0.6 is 11.6 Å². The molecule has 0 unspecified atom stereocenters. The fourth-order valence-corrected chi connectivity index (χ4v) is 6.10. The number of aromatic nitrogens is 3. The second-order valence-electron chi connectivity index (χ2n) is 8.86. The van der Waals surface area contributed by atoms with Crippen LogP contribution in [0, 0.1) is 0 Å². The maximum atomic E-state index is 12.9. The minimum absolute atomic E-state index is 0.0870. The number of anilines is 3. The molecule has 2 aromatic heterocycles. The molecule has 0 saturated carbocycles. The van der Waals surface area contributed by atoms with Crippen LogP contribution in [0.2, 0.25) is 5.02 Å². The van der Waals surface area contributed by atoms with E-state index in [9.17, 15) is 9.00 Å². The Bertz CT molecular complexity index is 1250. The van der Waals surface area contributed by atoms with Gasteiger partial charge in [0.05, 0.1) is 22.9 Å². The molecule has 1 fully saturated rings. The van der Waals surface area contributed by atoms with Crippen LogP contribution in [0.15, 0.2) is 47.5 Å². The van der Waals surface area contributed by atoms with Gasteiger partial charge < -0.3 is 15.3 Å². The van der Waals surface area contributed by atoms with Crippen molar-refractivity contribution in [2.45, 2.75) is 42.9 Å². The predicted octanol–water partition coefficient (Wildman–Crippen LogP) is 4.33. The Kier molecular flexibility index (Phi) is 6.97. The van der Waals surface area contributed by atoms with E-state index in [1.54, 1.807) is 12.1 Å². The molecule has 0 radical (unpaired) electrons. The van der Waals surface area contributed by atoms with E-state index >= 15 is 0 Å². The average molecular weight is 512 g/mol. The summed E-state index contributed by atoms with van der Waals surface area (Å²) in [5.74, 6) is 1.83. The van der Waals surface area contributed by atoms with Crippen LogP contribution in [0.3, 0.4) is 0 Å². The van der Waals surface area contributed by atoms with Crippen molar-refractivity contribution < 1.29 is 14.1 Å². The molecule has 0 bridgehead atoms. The number of hydrogen-bond donors (Lipinski definition) is 2. The van der Waals surface area contributed by atoms with Gasteiger partial charge in [-0.05, 0) is 60.9 Å². The van der Waals surface area contributed by atoms with Crippen molar-refractivity contribution in [3.8, 4) is 0 Å². The van der Waals surface area contributed by atoms with Crippen molar-refractivity contribution in [1.82, 2.24) is 15.0 Å². The number of carboxylic acids is 1. The zero-order chi connectivity index (χ0) is 24.4. The molecule has 1 atom stereocenters. The van der Waals surface area contributed by atoms with Gasteiger partial charge in [-0.3, -0.25) is 9.00 Å². The summed E-state index contributed by atoms with van der Waals surface area (Å²) >= 11 is 6.04. The molecule has 2 aliphatic heterocycles. The predicted molar refractivity (Wildman–Crippen MR) is 136 cm³/mol. The van der Waals surface area contributed by atoms with Crippen LogP contribution in [-0.4, -0.2) is 49.1 Å². The van der Waals surface area contributed by atoms with Crippen molar-refractivity contribution in [2.75, 3.05) is 29.1 Å². The van der Waals surface area contributed by atoms with E-state index in [0.717, 1.165) is 49.5 Å². The number of pyridine rings is 1. The molecule has 35 heavy (non-hydrogen) atoms. The highest BCUT2D eigenvalue weighted by atomic mass is 35.5. The van der Waals surface area contributed by atoms with Crippen molar-refractivity contribution in [3.05, 3.63) is 64.4 Å². The zero-order valence-corrected chi connectivity index (χ0v) is 20.7. The van der Waals surface area contributed by atoms with Gasteiger partial charge in [0, 0.05) is 30.1 Å². The molecule has 10 heteroatoms. The maximum absolute atomic E-state index is 12.9. The molecule has 2 N–H and O–H groups in total. The first-order valence-corrected chi connectivity index (χ1v) is 13.4. The van der Waals surface area contributed by atoms with Crippen molar-refractivity contribution in [1.29, 1.82) is 0 Å². The third-order valence-electron chi connectivity index (χ3n) is 6.44. The van der Waals surface area contributed by atoms with Crippen LogP contribution in [0.4, 0.5) is 17.6 Å². The van der Waals surface area contributed by atoms with Crippen LogP contribution in [-0.2, 0) is 28.4 Å². The number of rotatable bonds is 6. The molecule has 8 nitrogen and oxygen atoms in total. The summed E-state index contributed by atoms with van der Waals surface area (Å²) in [6, 6.07) is 11.5. The topological polar surface area (TPSA) is 108 Å². The number of aliphatic carboxylic acids is 1. The van der Waals surface area contributed by atoms with E-state index in [-0.39, 0.29) is 6.42 Å². The lowest BCUT2D eigenvalue weighted by atomic mass is 9.89. The lowest BCUT2D eigenvalue weighted by Gasteiger charge is -2.33. The number of piperidine rings is 1. The number of benzene rings is 1. The minimum Gasteiger partial charge on any atom is -0.481 e. The number of carboxylic acid groups (broad SMARTS) is 1. The normalized spacial score (nSPS) is 18.2. The average Bonchev–Trinajstić information content (AvgIpc) is 2.85. The van der Waals surface area contributed by atoms with E-state index < -0.39 is 16.8 Å². The monoisotopic (exact) mass is 511 g/mol. The van der Waals surface area contributed by atoms with Gasteiger partial charge in [-0.25, -0.2) is 9.97 Å². The van der Waals surface area contributed by atoms with Gasteiger partial charge >= 0.3 is 5.97 Å². The number of hydrogen-bond acceptors (Lipinski definition) is 7.